The number of carbonyl (C=O) groups excluding carboxylic acids is 1. The molecule has 0 spiro atoms. The largest absolute Gasteiger partial charge is 0.346 e. The lowest BCUT2D eigenvalue weighted by Gasteiger charge is -1.82. The van der Waals surface area contributed by atoms with E-state index in [9.17, 15) is 9.18 Å². The van der Waals surface area contributed by atoms with Gasteiger partial charge < -0.3 is 5.32 Å². The number of hydrogen-bond acceptors (Lipinski definition) is 1. The highest BCUT2D eigenvalue weighted by molar-refractivity contribution is 5.93. The van der Waals surface area contributed by atoms with Crippen LogP contribution in [-0.2, 0) is 4.79 Å². The van der Waals surface area contributed by atoms with Crippen LogP contribution >= 0.6 is 0 Å². The Morgan fingerprint density at radius 1 is 1.86 bits per heavy atom. The molecule has 7 heavy (non-hydrogen) atoms. The molecule has 0 bridgehead atoms. The Hall–Kier alpha value is -0.860. The van der Waals surface area contributed by atoms with E-state index in [4.69, 9.17) is 0 Å². The second-order valence-corrected chi connectivity index (χ2v) is 1.26. The van der Waals surface area contributed by atoms with E-state index in [0.29, 0.717) is 6.54 Å². The van der Waals surface area contributed by atoms with E-state index in [1.807, 2.05) is 0 Å². The summed E-state index contributed by atoms with van der Waals surface area (Å²) in [5.74, 6) is -1.26. The van der Waals surface area contributed by atoms with Crippen molar-refractivity contribution in [3.05, 3.63) is 11.9 Å². The van der Waals surface area contributed by atoms with Crippen LogP contribution in [0.5, 0.6) is 0 Å². The summed E-state index contributed by atoms with van der Waals surface area (Å²) in [6.45, 7) is 0.338. The summed E-state index contributed by atoms with van der Waals surface area (Å²) >= 11 is 0. The molecule has 0 radical (unpaired) electrons. The van der Waals surface area contributed by atoms with Crippen molar-refractivity contribution in [3.8, 4) is 0 Å². The van der Waals surface area contributed by atoms with Crippen LogP contribution in [0.25, 0.3) is 0 Å². The molecular formula is C4H4FNO. The van der Waals surface area contributed by atoms with Gasteiger partial charge in [-0.15, -0.1) is 0 Å². The molecule has 3 heteroatoms. The van der Waals surface area contributed by atoms with E-state index in [1.54, 1.807) is 0 Å². The normalized spacial score (nSPS) is 19.0. The lowest BCUT2D eigenvalue weighted by atomic mass is 10.5. The van der Waals surface area contributed by atoms with Crippen LogP contribution in [0.1, 0.15) is 0 Å². The van der Waals surface area contributed by atoms with E-state index >= 15 is 0 Å². The van der Waals surface area contributed by atoms with E-state index in [0.717, 1.165) is 0 Å². The van der Waals surface area contributed by atoms with Crippen molar-refractivity contribution in [2.45, 2.75) is 0 Å². The summed E-state index contributed by atoms with van der Waals surface area (Å²) in [6, 6.07) is 0. The highest BCUT2D eigenvalue weighted by atomic mass is 19.1. The predicted octanol–water partition coefficient (Wildman–Crippen LogP) is -0.0304. The summed E-state index contributed by atoms with van der Waals surface area (Å²) < 4.78 is 11.8. The van der Waals surface area contributed by atoms with Gasteiger partial charge in [0.1, 0.15) is 0 Å². The van der Waals surface area contributed by atoms with Gasteiger partial charge in [-0.05, 0) is 6.08 Å². The zero-order valence-electron chi connectivity index (χ0n) is 3.57. The average Bonchev–Trinajstić information content (AvgIpc) is 1.91. The summed E-state index contributed by atoms with van der Waals surface area (Å²) in [6.07, 6.45) is 1.21. The van der Waals surface area contributed by atoms with Gasteiger partial charge in [-0.2, -0.15) is 0 Å². The van der Waals surface area contributed by atoms with E-state index in [1.165, 1.54) is 6.08 Å². The minimum Gasteiger partial charge on any atom is -0.346 e. The Kier molecular flexibility index (Phi) is 0.817. The average molecular weight is 101 g/mol. The fourth-order valence-corrected chi connectivity index (χ4v) is 0.410. The van der Waals surface area contributed by atoms with Crippen LogP contribution in [0.2, 0.25) is 0 Å². The maximum absolute atomic E-state index is 11.8. The first kappa shape index (κ1) is 4.30. The van der Waals surface area contributed by atoms with Gasteiger partial charge in [0.05, 0.1) is 0 Å². The molecule has 1 rings (SSSR count). The number of rotatable bonds is 0. The Morgan fingerprint density at radius 2 is 2.57 bits per heavy atom. The highest BCUT2D eigenvalue weighted by Crippen LogP contribution is 1.99. The first-order valence-electron chi connectivity index (χ1n) is 1.94. The Labute approximate surface area is 40.0 Å². The summed E-state index contributed by atoms with van der Waals surface area (Å²) in [4.78, 5) is 10.0. The van der Waals surface area contributed by atoms with Crippen molar-refractivity contribution in [2.24, 2.45) is 0 Å². The third-order valence-corrected chi connectivity index (χ3v) is 0.761. The number of nitrogens with one attached hydrogen (secondary N) is 1. The standard InChI is InChI=1S/C4H4FNO/c5-3-1-2-6-4(3)7/h1H,2H2,(H,6,7). The van der Waals surface area contributed by atoms with Crippen LogP contribution in [0.4, 0.5) is 4.39 Å². The van der Waals surface area contributed by atoms with E-state index < -0.39 is 11.7 Å². The second-order valence-electron chi connectivity index (χ2n) is 1.26. The summed E-state index contributed by atoms with van der Waals surface area (Å²) in [7, 11) is 0. The van der Waals surface area contributed by atoms with Gasteiger partial charge >= 0.3 is 0 Å². The van der Waals surface area contributed by atoms with Gasteiger partial charge in [0.2, 0.25) is 0 Å². The molecule has 0 aliphatic carbocycles. The van der Waals surface area contributed by atoms with Crippen LogP contribution in [-0.4, -0.2) is 12.5 Å². The zero-order chi connectivity index (χ0) is 5.28. The quantitative estimate of drug-likeness (QED) is 0.456. The molecule has 0 aromatic heterocycles. The Balaban J connectivity index is 2.72. The Bertz CT molecular complexity index is 130. The van der Waals surface area contributed by atoms with Crippen LogP contribution < -0.4 is 5.32 Å². The fraction of sp³-hybridized carbons (Fsp3) is 0.250. The van der Waals surface area contributed by atoms with E-state index in [-0.39, 0.29) is 0 Å². The van der Waals surface area contributed by atoms with Gasteiger partial charge in [0, 0.05) is 6.54 Å². The molecule has 1 amide bonds. The highest BCUT2D eigenvalue weighted by Gasteiger charge is 2.11. The molecule has 0 fully saturated rings. The number of hydrogen-bond donors (Lipinski definition) is 1. The molecule has 1 N–H and O–H groups in total. The third kappa shape index (κ3) is 0.607. The summed E-state index contributed by atoms with van der Waals surface area (Å²) in [5.41, 5.74) is 0. The molecule has 1 heterocycles. The van der Waals surface area contributed by atoms with Crippen LogP contribution in [0, 0.1) is 0 Å². The predicted molar refractivity (Wildman–Crippen MR) is 22.2 cm³/mol. The lowest BCUT2D eigenvalue weighted by Crippen LogP contribution is -2.15. The number of amides is 1. The lowest BCUT2D eigenvalue weighted by molar-refractivity contribution is -0.117. The molecule has 1 aliphatic heterocycles. The van der Waals surface area contributed by atoms with Crippen molar-refractivity contribution < 1.29 is 9.18 Å². The number of carbonyl (C=O) groups is 1. The zero-order valence-corrected chi connectivity index (χ0v) is 3.57. The topological polar surface area (TPSA) is 29.1 Å². The van der Waals surface area contributed by atoms with Crippen LogP contribution in [0.3, 0.4) is 0 Å². The molecule has 2 nitrogen and oxygen atoms in total. The second kappa shape index (κ2) is 1.33. The maximum Gasteiger partial charge on any atom is 0.280 e. The van der Waals surface area contributed by atoms with Gasteiger partial charge in [-0.25, -0.2) is 4.39 Å². The first-order chi connectivity index (χ1) is 3.30. The van der Waals surface area contributed by atoms with Crippen molar-refractivity contribution in [2.75, 3.05) is 6.54 Å². The molecular weight excluding hydrogens is 97.0 g/mol. The molecule has 38 valence electrons. The smallest absolute Gasteiger partial charge is 0.280 e. The molecule has 1 aliphatic rings. The molecule has 0 saturated heterocycles. The van der Waals surface area contributed by atoms with Crippen molar-refractivity contribution in [1.82, 2.24) is 5.32 Å². The van der Waals surface area contributed by atoms with E-state index in [2.05, 4.69) is 5.32 Å². The van der Waals surface area contributed by atoms with Gasteiger partial charge in [-0.1, -0.05) is 0 Å². The molecule has 0 unspecified atom stereocenters. The molecule has 0 aromatic carbocycles. The van der Waals surface area contributed by atoms with Crippen molar-refractivity contribution in [1.29, 1.82) is 0 Å². The fourth-order valence-electron chi connectivity index (χ4n) is 0.410. The van der Waals surface area contributed by atoms with Gasteiger partial charge in [0.15, 0.2) is 5.83 Å². The SMILES string of the molecule is O=C1NCC=C1F. The monoisotopic (exact) mass is 101 g/mol. The van der Waals surface area contributed by atoms with Gasteiger partial charge in [0.25, 0.3) is 5.91 Å². The molecule has 0 saturated carbocycles. The molecule has 0 aromatic rings. The summed E-state index contributed by atoms with van der Waals surface area (Å²) in [5, 5.41) is 2.26. The minimum absolute atomic E-state index is 0.338. The van der Waals surface area contributed by atoms with Crippen LogP contribution in [0.15, 0.2) is 11.9 Å². The Morgan fingerprint density at radius 3 is 2.71 bits per heavy atom. The van der Waals surface area contributed by atoms with Crippen molar-refractivity contribution >= 4 is 5.91 Å². The van der Waals surface area contributed by atoms with Crippen molar-refractivity contribution in [3.63, 3.8) is 0 Å². The maximum atomic E-state index is 11.8. The molecule has 0 atom stereocenters. The third-order valence-electron chi connectivity index (χ3n) is 0.761. The first-order valence-corrected chi connectivity index (χ1v) is 1.94. The van der Waals surface area contributed by atoms with Gasteiger partial charge in [-0.3, -0.25) is 4.79 Å². The number of halogens is 1. The minimum atomic E-state index is -0.667.